The Balaban J connectivity index is 1.98. The summed E-state index contributed by atoms with van der Waals surface area (Å²) in [6.07, 6.45) is 3.88. The van der Waals surface area contributed by atoms with Gasteiger partial charge in [0.2, 0.25) is 5.91 Å². The summed E-state index contributed by atoms with van der Waals surface area (Å²) in [5.41, 5.74) is 6.29. The summed E-state index contributed by atoms with van der Waals surface area (Å²) in [5.74, 6) is -0.294. The van der Waals surface area contributed by atoms with Crippen LogP contribution in [0.15, 0.2) is 30.3 Å². The van der Waals surface area contributed by atoms with Crippen molar-refractivity contribution in [2.24, 2.45) is 5.73 Å². The summed E-state index contributed by atoms with van der Waals surface area (Å²) < 4.78 is 5.34. The number of hydrogen-bond acceptors (Lipinski definition) is 4. The van der Waals surface area contributed by atoms with Gasteiger partial charge in [-0.2, -0.15) is 0 Å². The first-order valence-electron chi connectivity index (χ1n) is 8.44. The van der Waals surface area contributed by atoms with Gasteiger partial charge in [0.25, 0.3) is 0 Å². The monoisotopic (exact) mass is 345 g/mol. The average molecular weight is 345 g/mol. The number of allylic oxidation sites excluding steroid dienone is 1. The van der Waals surface area contributed by atoms with Crippen LogP contribution in [0.3, 0.4) is 0 Å². The number of benzene rings is 1. The molecule has 1 heterocycles. The third-order valence-corrected chi connectivity index (χ3v) is 3.93. The maximum Gasteiger partial charge on any atom is 0.410 e. The van der Waals surface area contributed by atoms with E-state index in [0.717, 1.165) is 5.56 Å². The van der Waals surface area contributed by atoms with Crippen LogP contribution >= 0.6 is 0 Å². The lowest BCUT2D eigenvalue weighted by molar-refractivity contribution is -0.120. The number of nitrogens with one attached hydrogen (secondary N) is 1. The summed E-state index contributed by atoms with van der Waals surface area (Å²) in [7, 11) is 0. The number of carbonyl (C=O) groups is 2. The Morgan fingerprint density at radius 1 is 1.28 bits per heavy atom. The van der Waals surface area contributed by atoms with Crippen LogP contribution in [0, 0.1) is 0 Å². The van der Waals surface area contributed by atoms with Crippen molar-refractivity contribution in [3.8, 4) is 0 Å². The van der Waals surface area contributed by atoms with Crippen molar-refractivity contribution in [1.82, 2.24) is 4.90 Å². The lowest BCUT2D eigenvalue weighted by Gasteiger charge is -2.26. The van der Waals surface area contributed by atoms with E-state index >= 15 is 0 Å². The van der Waals surface area contributed by atoms with E-state index in [4.69, 9.17) is 10.5 Å². The van der Waals surface area contributed by atoms with E-state index in [0.29, 0.717) is 18.7 Å². The Morgan fingerprint density at radius 3 is 2.48 bits per heavy atom. The number of likely N-dealkylation sites (tertiary alicyclic amines) is 1. The third-order valence-electron chi connectivity index (χ3n) is 3.93. The third kappa shape index (κ3) is 5.06. The fourth-order valence-electron chi connectivity index (χ4n) is 2.63. The molecule has 2 amide bonds. The molecule has 2 rings (SSSR count). The Morgan fingerprint density at radius 2 is 1.92 bits per heavy atom. The molecule has 6 heteroatoms. The summed E-state index contributed by atoms with van der Waals surface area (Å²) in [6, 6.07) is 7.50. The molecule has 1 atom stereocenters. The van der Waals surface area contributed by atoms with Crippen LogP contribution < -0.4 is 11.1 Å². The quantitative estimate of drug-likeness (QED) is 0.882. The van der Waals surface area contributed by atoms with E-state index in [1.54, 1.807) is 20.8 Å². The SMILES string of the molecule is C/C=C/c1ccc(NC(=O)[C@]2(N)CCN(C(=O)OC(C)(C)C)C2)cc1. The van der Waals surface area contributed by atoms with Gasteiger partial charge in [-0.25, -0.2) is 4.79 Å². The molecule has 0 aliphatic carbocycles. The molecule has 1 aliphatic heterocycles. The Hall–Kier alpha value is -2.34. The molecule has 25 heavy (non-hydrogen) atoms. The molecule has 1 aliphatic rings. The molecule has 0 radical (unpaired) electrons. The fraction of sp³-hybridized carbons (Fsp3) is 0.474. The first-order chi connectivity index (χ1) is 11.6. The topological polar surface area (TPSA) is 84.7 Å². The number of carbonyl (C=O) groups excluding carboxylic acids is 2. The molecule has 0 saturated carbocycles. The van der Waals surface area contributed by atoms with Gasteiger partial charge in [0.15, 0.2) is 0 Å². The van der Waals surface area contributed by atoms with Gasteiger partial charge in [-0.05, 0) is 51.8 Å². The lowest BCUT2D eigenvalue weighted by atomic mass is 9.99. The normalized spacial score (nSPS) is 20.8. The van der Waals surface area contributed by atoms with Crippen molar-refractivity contribution in [2.45, 2.75) is 45.3 Å². The molecule has 1 fully saturated rings. The van der Waals surface area contributed by atoms with Crippen molar-refractivity contribution in [3.63, 3.8) is 0 Å². The van der Waals surface area contributed by atoms with Crippen LogP contribution in [0.25, 0.3) is 6.08 Å². The molecule has 0 bridgehead atoms. The highest BCUT2D eigenvalue weighted by atomic mass is 16.6. The van der Waals surface area contributed by atoms with Crippen molar-refractivity contribution in [1.29, 1.82) is 0 Å². The van der Waals surface area contributed by atoms with Gasteiger partial charge in [0, 0.05) is 12.2 Å². The van der Waals surface area contributed by atoms with E-state index in [9.17, 15) is 9.59 Å². The van der Waals surface area contributed by atoms with Crippen LogP contribution in [0.5, 0.6) is 0 Å². The molecule has 0 spiro atoms. The van der Waals surface area contributed by atoms with Crippen LogP contribution in [0.2, 0.25) is 0 Å². The zero-order chi connectivity index (χ0) is 18.7. The van der Waals surface area contributed by atoms with Crippen molar-refractivity contribution in [3.05, 3.63) is 35.9 Å². The second kappa shape index (κ2) is 7.27. The minimum atomic E-state index is -1.11. The van der Waals surface area contributed by atoms with Crippen molar-refractivity contribution >= 4 is 23.8 Å². The maximum atomic E-state index is 12.6. The predicted octanol–water partition coefficient (Wildman–Crippen LogP) is 3.00. The Bertz CT molecular complexity index is 661. The zero-order valence-corrected chi connectivity index (χ0v) is 15.3. The number of rotatable bonds is 3. The van der Waals surface area contributed by atoms with Crippen LogP contribution in [0.4, 0.5) is 10.5 Å². The number of nitrogens with zero attached hydrogens (tertiary/aromatic N) is 1. The molecular weight excluding hydrogens is 318 g/mol. The van der Waals surface area contributed by atoms with Crippen LogP contribution in [-0.2, 0) is 9.53 Å². The van der Waals surface area contributed by atoms with Gasteiger partial charge in [-0.3, -0.25) is 4.79 Å². The summed E-state index contributed by atoms with van der Waals surface area (Å²) in [4.78, 5) is 26.2. The molecule has 136 valence electrons. The zero-order valence-electron chi connectivity index (χ0n) is 15.3. The number of nitrogens with two attached hydrogens (primary N) is 1. The first-order valence-corrected chi connectivity index (χ1v) is 8.44. The second-order valence-electron chi connectivity index (χ2n) is 7.38. The number of hydrogen-bond donors (Lipinski definition) is 2. The van der Waals surface area contributed by atoms with E-state index in [-0.39, 0.29) is 12.5 Å². The molecule has 1 saturated heterocycles. The Labute approximate surface area is 149 Å². The molecular formula is C19H27N3O3. The highest BCUT2D eigenvalue weighted by Gasteiger charge is 2.43. The van der Waals surface area contributed by atoms with Crippen molar-refractivity contribution < 1.29 is 14.3 Å². The molecule has 6 nitrogen and oxygen atoms in total. The lowest BCUT2D eigenvalue weighted by Crippen LogP contribution is -2.53. The summed E-state index contributed by atoms with van der Waals surface area (Å²) >= 11 is 0. The minimum absolute atomic E-state index is 0.143. The van der Waals surface area contributed by atoms with Gasteiger partial charge >= 0.3 is 6.09 Å². The first kappa shape index (κ1) is 19.0. The largest absolute Gasteiger partial charge is 0.444 e. The van der Waals surface area contributed by atoms with Gasteiger partial charge in [-0.15, -0.1) is 0 Å². The fourth-order valence-corrected chi connectivity index (χ4v) is 2.63. The number of anilines is 1. The summed E-state index contributed by atoms with van der Waals surface area (Å²) in [6.45, 7) is 7.91. The molecule has 0 aromatic heterocycles. The highest BCUT2D eigenvalue weighted by molar-refractivity contribution is 5.99. The average Bonchev–Trinajstić information content (AvgIpc) is 2.92. The smallest absolute Gasteiger partial charge is 0.410 e. The molecule has 0 unspecified atom stereocenters. The maximum absolute atomic E-state index is 12.6. The number of ether oxygens (including phenoxy) is 1. The molecule has 1 aromatic carbocycles. The highest BCUT2D eigenvalue weighted by Crippen LogP contribution is 2.23. The number of amides is 2. The Kier molecular flexibility index (Phi) is 5.52. The van der Waals surface area contributed by atoms with Gasteiger partial charge in [0.1, 0.15) is 11.1 Å². The van der Waals surface area contributed by atoms with Gasteiger partial charge in [-0.1, -0.05) is 24.3 Å². The van der Waals surface area contributed by atoms with Crippen molar-refractivity contribution in [2.75, 3.05) is 18.4 Å². The van der Waals surface area contributed by atoms with Gasteiger partial charge in [0.05, 0.1) is 6.54 Å². The van der Waals surface area contributed by atoms with Crippen LogP contribution in [-0.4, -0.2) is 41.1 Å². The van der Waals surface area contributed by atoms with Crippen LogP contribution in [0.1, 0.15) is 39.7 Å². The molecule has 1 aromatic rings. The van der Waals surface area contributed by atoms with E-state index in [2.05, 4.69) is 5.32 Å². The van der Waals surface area contributed by atoms with E-state index in [1.165, 1.54) is 4.90 Å². The van der Waals surface area contributed by atoms with Gasteiger partial charge < -0.3 is 20.7 Å². The van der Waals surface area contributed by atoms with E-state index < -0.39 is 17.2 Å². The van der Waals surface area contributed by atoms with E-state index in [1.807, 2.05) is 43.3 Å². The second-order valence-corrected chi connectivity index (χ2v) is 7.38. The standard InChI is InChI=1S/C19H27N3O3/c1-5-6-14-7-9-15(10-8-14)21-16(23)19(20)11-12-22(13-19)17(24)25-18(2,3)4/h5-10H,11-13,20H2,1-4H3,(H,21,23)/b6-5+/t19-/m0/s1. The molecule has 3 N–H and O–H groups in total. The predicted molar refractivity (Wildman–Crippen MR) is 99.1 cm³/mol. The summed E-state index contributed by atoms with van der Waals surface area (Å²) in [5, 5.41) is 2.83. The minimum Gasteiger partial charge on any atom is -0.444 e.